The first-order valence-corrected chi connectivity index (χ1v) is 7.98. The topological polar surface area (TPSA) is 93.6 Å². The van der Waals surface area contributed by atoms with Crippen LogP contribution in [0.5, 0.6) is 0 Å². The zero-order chi connectivity index (χ0) is 17.0. The van der Waals surface area contributed by atoms with Crippen LogP contribution in [0.25, 0.3) is 0 Å². The van der Waals surface area contributed by atoms with Crippen LogP contribution >= 0.6 is 0 Å². The highest BCUT2D eigenvalue weighted by Gasteiger charge is 2.38. The predicted molar refractivity (Wildman–Crippen MR) is 84.1 cm³/mol. The largest absolute Gasteiger partial charge is 0.467 e. The van der Waals surface area contributed by atoms with Crippen LogP contribution in [-0.2, 0) is 23.3 Å². The van der Waals surface area contributed by atoms with Crippen LogP contribution in [0.2, 0.25) is 0 Å². The van der Waals surface area contributed by atoms with Crippen LogP contribution in [0.4, 0.5) is 4.79 Å². The Hall–Kier alpha value is -2.35. The van der Waals surface area contributed by atoms with Crippen LogP contribution in [0, 0.1) is 0 Å². The summed E-state index contributed by atoms with van der Waals surface area (Å²) in [6.07, 6.45) is 3.38. The van der Waals surface area contributed by atoms with E-state index in [0.29, 0.717) is 31.3 Å². The second-order valence-corrected chi connectivity index (χ2v) is 6.27. The number of carbonyl (C=O) groups is 1. The number of amides is 2. The van der Waals surface area contributed by atoms with Crippen LogP contribution in [-0.4, -0.2) is 41.3 Å². The smallest absolute Gasteiger partial charge is 0.317 e. The number of piperidine rings is 1. The standard InChI is InChI=1S/C16H22N4O4/c1-16(14-18-13(10-22-2)24-19-14)6-4-7-20(11-16)15(21)17-9-12-5-3-8-23-12/h3,5,8H,4,6-7,9-11H2,1-2H3,(H,17,21). The van der Waals surface area contributed by atoms with E-state index in [-0.39, 0.29) is 18.1 Å². The summed E-state index contributed by atoms with van der Waals surface area (Å²) in [5.41, 5.74) is -0.324. The molecule has 1 aliphatic heterocycles. The molecule has 8 nitrogen and oxygen atoms in total. The molecule has 1 saturated heterocycles. The molecule has 0 bridgehead atoms. The monoisotopic (exact) mass is 334 g/mol. The number of hydrogen-bond acceptors (Lipinski definition) is 6. The highest BCUT2D eigenvalue weighted by atomic mass is 16.5. The van der Waals surface area contributed by atoms with Gasteiger partial charge in [0.2, 0.25) is 0 Å². The molecule has 1 atom stereocenters. The molecule has 1 aliphatic rings. The zero-order valence-corrected chi connectivity index (χ0v) is 13.9. The van der Waals surface area contributed by atoms with Crippen LogP contribution in [0.1, 0.15) is 37.2 Å². The van der Waals surface area contributed by atoms with Gasteiger partial charge < -0.3 is 23.9 Å². The molecule has 0 aromatic carbocycles. The van der Waals surface area contributed by atoms with Gasteiger partial charge in [0.15, 0.2) is 5.82 Å². The summed E-state index contributed by atoms with van der Waals surface area (Å²) < 4.78 is 15.4. The number of carbonyl (C=O) groups excluding carboxylic acids is 1. The van der Waals surface area contributed by atoms with Gasteiger partial charge in [0.25, 0.3) is 5.89 Å². The molecule has 2 aromatic rings. The second kappa shape index (κ2) is 7.04. The molecule has 1 fully saturated rings. The summed E-state index contributed by atoms with van der Waals surface area (Å²) in [6, 6.07) is 3.52. The highest BCUT2D eigenvalue weighted by Crippen LogP contribution is 2.32. The Morgan fingerprint density at radius 3 is 3.17 bits per heavy atom. The quantitative estimate of drug-likeness (QED) is 0.899. The molecule has 0 radical (unpaired) electrons. The van der Waals surface area contributed by atoms with E-state index in [2.05, 4.69) is 22.4 Å². The Labute approximate surface area is 140 Å². The number of ether oxygens (including phenoxy) is 1. The van der Waals surface area contributed by atoms with Gasteiger partial charge in [-0.25, -0.2) is 4.79 Å². The van der Waals surface area contributed by atoms with E-state index < -0.39 is 0 Å². The summed E-state index contributed by atoms with van der Waals surface area (Å²) in [6.45, 7) is 3.97. The normalized spacial score (nSPS) is 21.0. The average molecular weight is 334 g/mol. The Morgan fingerprint density at radius 2 is 2.42 bits per heavy atom. The Kier molecular flexibility index (Phi) is 4.84. The van der Waals surface area contributed by atoms with E-state index in [1.165, 1.54) is 0 Å². The van der Waals surface area contributed by atoms with E-state index in [1.54, 1.807) is 24.3 Å². The molecule has 3 heterocycles. The van der Waals surface area contributed by atoms with Gasteiger partial charge in [-0.1, -0.05) is 12.1 Å². The van der Waals surface area contributed by atoms with Crippen molar-refractivity contribution < 1.29 is 18.5 Å². The van der Waals surface area contributed by atoms with Gasteiger partial charge in [-0.2, -0.15) is 4.98 Å². The minimum Gasteiger partial charge on any atom is -0.467 e. The average Bonchev–Trinajstić information content (AvgIpc) is 3.25. The summed E-state index contributed by atoms with van der Waals surface area (Å²) in [5, 5.41) is 6.95. The van der Waals surface area contributed by atoms with Crippen LogP contribution in [0.3, 0.4) is 0 Å². The van der Waals surface area contributed by atoms with Crippen molar-refractivity contribution in [1.82, 2.24) is 20.4 Å². The van der Waals surface area contributed by atoms with Gasteiger partial charge in [0.1, 0.15) is 12.4 Å². The van der Waals surface area contributed by atoms with E-state index in [1.807, 2.05) is 6.07 Å². The number of methoxy groups -OCH3 is 1. The maximum absolute atomic E-state index is 12.4. The van der Waals surface area contributed by atoms with Crippen molar-refractivity contribution in [3.8, 4) is 0 Å². The lowest BCUT2D eigenvalue weighted by atomic mass is 9.81. The maximum atomic E-state index is 12.4. The number of aromatic nitrogens is 2. The van der Waals surface area contributed by atoms with Crippen molar-refractivity contribution in [3.05, 3.63) is 35.9 Å². The minimum absolute atomic E-state index is 0.113. The Balaban J connectivity index is 1.62. The summed E-state index contributed by atoms with van der Waals surface area (Å²) >= 11 is 0. The lowest BCUT2D eigenvalue weighted by Crippen LogP contribution is -2.50. The van der Waals surface area contributed by atoms with Crippen molar-refractivity contribution in [2.24, 2.45) is 0 Å². The van der Waals surface area contributed by atoms with Crippen LogP contribution < -0.4 is 5.32 Å². The lowest BCUT2D eigenvalue weighted by molar-refractivity contribution is 0.147. The molecule has 3 rings (SSSR count). The number of furan rings is 1. The number of nitrogens with zero attached hydrogens (tertiary/aromatic N) is 3. The first-order valence-electron chi connectivity index (χ1n) is 7.98. The summed E-state index contributed by atoms with van der Waals surface area (Å²) in [4.78, 5) is 18.6. The molecule has 1 unspecified atom stereocenters. The predicted octanol–water partition coefficient (Wildman–Crippen LogP) is 2.07. The van der Waals surface area contributed by atoms with Crippen molar-refractivity contribution in [3.63, 3.8) is 0 Å². The third-order valence-electron chi connectivity index (χ3n) is 4.25. The van der Waals surface area contributed by atoms with Gasteiger partial charge in [-0.15, -0.1) is 0 Å². The number of nitrogens with one attached hydrogen (secondary N) is 1. The van der Waals surface area contributed by atoms with E-state index >= 15 is 0 Å². The van der Waals surface area contributed by atoms with E-state index in [4.69, 9.17) is 13.7 Å². The van der Waals surface area contributed by atoms with Crippen molar-refractivity contribution in [2.75, 3.05) is 20.2 Å². The summed E-state index contributed by atoms with van der Waals surface area (Å²) in [5.74, 6) is 1.80. The fraction of sp³-hybridized carbons (Fsp3) is 0.562. The minimum atomic E-state index is -0.324. The number of hydrogen-bond donors (Lipinski definition) is 1. The van der Waals surface area contributed by atoms with Gasteiger partial charge in [-0.05, 0) is 25.0 Å². The third kappa shape index (κ3) is 3.59. The molecule has 2 amide bonds. The maximum Gasteiger partial charge on any atom is 0.317 e. The first kappa shape index (κ1) is 16.5. The number of urea groups is 1. The number of rotatable bonds is 5. The SMILES string of the molecule is COCc1nc(C2(C)CCCN(C(=O)NCc3ccco3)C2)no1. The molecule has 0 saturated carbocycles. The van der Waals surface area contributed by atoms with Gasteiger partial charge in [0.05, 0.1) is 12.8 Å². The molecule has 130 valence electrons. The van der Waals surface area contributed by atoms with E-state index in [0.717, 1.165) is 18.6 Å². The molecular weight excluding hydrogens is 312 g/mol. The zero-order valence-electron chi connectivity index (χ0n) is 13.9. The molecule has 8 heteroatoms. The van der Waals surface area contributed by atoms with Crippen molar-refractivity contribution in [1.29, 1.82) is 0 Å². The molecule has 0 spiro atoms. The van der Waals surface area contributed by atoms with Crippen molar-refractivity contribution >= 4 is 6.03 Å². The fourth-order valence-electron chi connectivity index (χ4n) is 2.97. The Bertz CT molecular complexity index is 669. The van der Waals surface area contributed by atoms with Gasteiger partial charge in [0, 0.05) is 25.6 Å². The van der Waals surface area contributed by atoms with Crippen molar-refractivity contribution in [2.45, 2.75) is 38.3 Å². The highest BCUT2D eigenvalue weighted by molar-refractivity contribution is 5.74. The first-order chi connectivity index (χ1) is 11.6. The number of likely N-dealkylation sites (tertiary alicyclic amines) is 1. The van der Waals surface area contributed by atoms with Crippen LogP contribution in [0.15, 0.2) is 27.3 Å². The molecule has 24 heavy (non-hydrogen) atoms. The Morgan fingerprint density at radius 1 is 1.54 bits per heavy atom. The lowest BCUT2D eigenvalue weighted by Gasteiger charge is -2.38. The molecule has 1 N–H and O–H groups in total. The second-order valence-electron chi connectivity index (χ2n) is 6.27. The van der Waals surface area contributed by atoms with Gasteiger partial charge in [-0.3, -0.25) is 0 Å². The summed E-state index contributed by atoms with van der Waals surface area (Å²) in [7, 11) is 1.58. The molecular formula is C16H22N4O4. The van der Waals surface area contributed by atoms with E-state index in [9.17, 15) is 4.79 Å². The fourth-order valence-corrected chi connectivity index (χ4v) is 2.97. The third-order valence-corrected chi connectivity index (χ3v) is 4.25. The van der Waals surface area contributed by atoms with Gasteiger partial charge >= 0.3 is 6.03 Å². The molecule has 2 aromatic heterocycles. The molecule has 0 aliphatic carbocycles.